The summed E-state index contributed by atoms with van der Waals surface area (Å²) in [5.74, 6) is 1.41. The van der Waals surface area contributed by atoms with Crippen LogP contribution in [0.5, 0.6) is 0 Å². The molecule has 0 atom stereocenters. The van der Waals surface area contributed by atoms with Gasteiger partial charge in [-0.2, -0.15) is 0 Å². The van der Waals surface area contributed by atoms with Crippen molar-refractivity contribution in [3.63, 3.8) is 0 Å². The van der Waals surface area contributed by atoms with Crippen LogP contribution in [-0.2, 0) is 11.3 Å². The monoisotopic (exact) mass is 221 g/mol. The fraction of sp³-hybridized carbons (Fsp3) is 0.667. The normalized spacial score (nSPS) is 17.9. The number of morpholine rings is 1. The zero-order valence-electron chi connectivity index (χ0n) is 10.0. The lowest BCUT2D eigenvalue weighted by Crippen LogP contribution is -2.36. The van der Waals surface area contributed by atoms with Gasteiger partial charge in [-0.25, -0.2) is 9.97 Å². The van der Waals surface area contributed by atoms with Crippen LogP contribution in [0.3, 0.4) is 0 Å². The molecule has 0 aliphatic carbocycles. The average Bonchev–Trinajstić information content (AvgIpc) is 2.31. The third-order valence-electron chi connectivity index (χ3n) is 2.86. The van der Waals surface area contributed by atoms with Crippen molar-refractivity contribution in [1.82, 2.24) is 14.9 Å². The summed E-state index contributed by atoms with van der Waals surface area (Å²) in [5.41, 5.74) is 1.20. The molecule has 2 rings (SSSR count). The van der Waals surface area contributed by atoms with Crippen LogP contribution in [0.25, 0.3) is 0 Å². The number of rotatable bonds is 3. The van der Waals surface area contributed by atoms with E-state index in [4.69, 9.17) is 4.74 Å². The molecule has 2 heterocycles. The Morgan fingerprint density at radius 3 is 2.44 bits per heavy atom. The molecule has 1 aliphatic heterocycles. The summed E-state index contributed by atoms with van der Waals surface area (Å²) >= 11 is 0. The second-order valence-electron chi connectivity index (χ2n) is 4.48. The van der Waals surface area contributed by atoms with Gasteiger partial charge in [-0.3, -0.25) is 4.90 Å². The summed E-state index contributed by atoms with van der Waals surface area (Å²) in [6, 6.07) is 0. The van der Waals surface area contributed by atoms with E-state index in [9.17, 15) is 0 Å². The molecule has 0 unspecified atom stereocenters. The molecule has 4 heteroatoms. The summed E-state index contributed by atoms with van der Waals surface area (Å²) < 4.78 is 5.31. The summed E-state index contributed by atoms with van der Waals surface area (Å²) in [7, 11) is 0. The van der Waals surface area contributed by atoms with Gasteiger partial charge in [0.25, 0.3) is 0 Å². The number of nitrogens with zero attached hydrogens (tertiary/aromatic N) is 3. The highest BCUT2D eigenvalue weighted by Crippen LogP contribution is 2.11. The molecule has 0 spiro atoms. The lowest BCUT2D eigenvalue weighted by atomic mass is 10.1. The molecule has 0 bridgehead atoms. The summed E-state index contributed by atoms with van der Waals surface area (Å²) in [6.45, 7) is 8.75. The Hall–Kier alpha value is -1.00. The second-order valence-corrected chi connectivity index (χ2v) is 4.48. The predicted molar refractivity (Wildman–Crippen MR) is 62.2 cm³/mol. The third-order valence-corrected chi connectivity index (χ3v) is 2.86. The lowest BCUT2D eigenvalue weighted by Gasteiger charge is -2.25. The van der Waals surface area contributed by atoms with Crippen LogP contribution < -0.4 is 0 Å². The van der Waals surface area contributed by atoms with Gasteiger partial charge in [0.2, 0.25) is 0 Å². The Morgan fingerprint density at radius 1 is 1.25 bits per heavy atom. The van der Waals surface area contributed by atoms with Crippen LogP contribution in [0.2, 0.25) is 0 Å². The fourth-order valence-corrected chi connectivity index (χ4v) is 1.70. The van der Waals surface area contributed by atoms with Crippen molar-refractivity contribution in [3.8, 4) is 0 Å². The number of ether oxygens (including phenoxy) is 1. The molecule has 1 aliphatic rings. The molecule has 0 aromatic carbocycles. The van der Waals surface area contributed by atoms with Crippen molar-refractivity contribution < 1.29 is 4.74 Å². The maximum absolute atomic E-state index is 5.31. The van der Waals surface area contributed by atoms with E-state index in [2.05, 4.69) is 28.7 Å². The standard InChI is InChI=1S/C12H19N3O/c1-10(2)11-7-13-12(14-8-11)9-15-3-5-16-6-4-15/h7-8,10H,3-6,9H2,1-2H3. The van der Waals surface area contributed by atoms with E-state index in [0.717, 1.165) is 38.7 Å². The van der Waals surface area contributed by atoms with Gasteiger partial charge in [0.05, 0.1) is 19.8 Å². The van der Waals surface area contributed by atoms with Crippen LogP contribution in [0.1, 0.15) is 31.2 Å². The van der Waals surface area contributed by atoms with Gasteiger partial charge in [0.1, 0.15) is 5.82 Å². The molecule has 1 saturated heterocycles. The number of aromatic nitrogens is 2. The van der Waals surface area contributed by atoms with Crippen molar-refractivity contribution >= 4 is 0 Å². The quantitative estimate of drug-likeness (QED) is 0.774. The SMILES string of the molecule is CC(C)c1cnc(CN2CCOCC2)nc1. The first-order valence-electron chi connectivity index (χ1n) is 5.86. The molecule has 4 nitrogen and oxygen atoms in total. The van der Waals surface area contributed by atoms with Gasteiger partial charge >= 0.3 is 0 Å². The molecular formula is C12H19N3O. The Kier molecular flexibility index (Phi) is 3.85. The first kappa shape index (κ1) is 11.5. The van der Waals surface area contributed by atoms with Gasteiger partial charge in [-0.1, -0.05) is 13.8 Å². The topological polar surface area (TPSA) is 38.2 Å². The third kappa shape index (κ3) is 3.00. The summed E-state index contributed by atoms with van der Waals surface area (Å²) in [6.07, 6.45) is 3.88. The van der Waals surface area contributed by atoms with E-state index in [-0.39, 0.29) is 0 Å². The average molecular weight is 221 g/mol. The van der Waals surface area contributed by atoms with Gasteiger partial charge in [0.15, 0.2) is 0 Å². The number of hydrogen-bond donors (Lipinski definition) is 0. The van der Waals surface area contributed by atoms with E-state index in [0.29, 0.717) is 5.92 Å². The maximum Gasteiger partial charge on any atom is 0.142 e. The van der Waals surface area contributed by atoms with E-state index >= 15 is 0 Å². The van der Waals surface area contributed by atoms with Crippen molar-refractivity contribution in [2.24, 2.45) is 0 Å². The molecule has 0 N–H and O–H groups in total. The predicted octanol–water partition coefficient (Wildman–Crippen LogP) is 1.43. The molecule has 1 aromatic heterocycles. The van der Waals surface area contributed by atoms with Crippen molar-refractivity contribution in [2.45, 2.75) is 26.3 Å². The second kappa shape index (κ2) is 5.37. The minimum absolute atomic E-state index is 0.498. The molecule has 0 saturated carbocycles. The van der Waals surface area contributed by atoms with E-state index in [1.54, 1.807) is 0 Å². The highest BCUT2D eigenvalue weighted by atomic mass is 16.5. The van der Waals surface area contributed by atoms with Crippen LogP contribution in [-0.4, -0.2) is 41.2 Å². The highest BCUT2D eigenvalue weighted by Gasteiger charge is 2.12. The van der Waals surface area contributed by atoms with Gasteiger partial charge in [-0.05, 0) is 11.5 Å². The minimum atomic E-state index is 0.498. The van der Waals surface area contributed by atoms with Crippen LogP contribution in [0.4, 0.5) is 0 Å². The Labute approximate surface area is 96.7 Å². The summed E-state index contributed by atoms with van der Waals surface area (Å²) in [4.78, 5) is 11.1. The molecule has 1 fully saturated rings. The largest absolute Gasteiger partial charge is 0.379 e. The van der Waals surface area contributed by atoms with Crippen molar-refractivity contribution in [1.29, 1.82) is 0 Å². The zero-order chi connectivity index (χ0) is 11.4. The molecule has 16 heavy (non-hydrogen) atoms. The fourth-order valence-electron chi connectivity index (χ4n) is 1.70. The Bertz CT molecular complexity index is 318. The zero-order valence-corrected chi connectivity index (χ0v) is 10.0. The van der Waals surface area contributed by atoms with Crippen molar-refractivity contribution in [2.75, 3.05) is 26.3 Å². The first-order valence-corrected chi connectivity index (χ1v) is 5.86. The van der Waals surface area contributed by atoms with Crippen LogP contribution in [0.15, 0.2) is 12.4 Å². The Morgan fingerprint density at radius 2 is 1.88 bits per heavy atom. The van der Waals surface area contributed by atoms with E-state index < -0.39 is 0 Å². The lowest BCUT2D eigenvalue weighted by molar-refractivity contribution is 0.0330. The molecular weight excluding hydrogens is 202 g/mol. The van der Waals surface area contributed by atoms with Gasteiger partial charge in [0, 0.05) is 25.5 Å². The molecule has 1 aromatic rings. The molecule has 0 radical (unpaired) electrons. The Balaban J connectivity index is 1.93. The first-order chi connectivity index (χ1) is 7.75. The molecule has 88 valence electrons. The van der Waals surface area contributed by atoms with Gasteiger partial charge < -0.3 is 4.74 Å². The number of hydrogen-bond acceptors (Lipinski definition) is 4. The highest BCUT2D eigenvalue weighted by molar-refractivity contribution is 5.09. The smallest absolute Gasteiger partial charge is 0.142 e. The summed E-state index contributed by atoms with van der Waals surface area (Å²) in [5, 5.41) is 0. The van der Waals surface area contributed by atoms with Crippen LogP contribution in [0, 0.1) is 0 Å². The minimum Gasteiger partial charge on any atom is -0.379 e. The van der Waals surface area contributed by atoms with E-state index in [1.165, 1.54) is 5.56 Å². The van der Waals surface area contributed by atoms with Crippen LogP contribution >= 0.6 is 0 Å². The molecule has 0 amide bonds. The van der Waals surface area contributed by atoms with E-state index in [1.807, 2.05) is 12.4 Å². The maximum atomic E-state index is 5.31. The van der Waals surface area contributed by atoms with Crippen molar-refractivity contribution in [3.05, 3.63) is 23.8 Å². The van der Waals surface area contributed by atoms with Gasteiger partial charge in [-0.15, -0.1) is 0 Å².